The number of hydrogen-bond donors (Lipinski definition) is 4. The van der Waals surface area contributed by atoms with Crippen LogP contribution in [-0.2, 0) is 0 Å². The van der Waals surface area contributed by atoms with Gasteiger partial charge in [-0.25, -0.2) is 0 Å². The second kappa shape index (κ2) is 11.7. The fourth-order valence-corrected chi connectivity index (χ4v) is 3.93. The number of hydrogen-bond acceptors (Lipinski definition) is 6. The van der Waals surface area contributed by atoms with Crippen LogP contribution in [0.1, 0.15) is 59.5 Å². The number of anilines is 4. The van der Waals surface area contributed by atoms with Gasteiger partial charge in [-0.05, 0) is 48.5 Å². The molecule has 6 nitrogen and oxygen atoms in total. The van der Waals surface area contributed by atoms with Crippen LogP contribution in [0.5, 0.6) is 11.5 Å². The standard InChI is InChI=1S/C26H18N2O4.2C2H6/c29-19-13-14-20(30)24-23(19)25(31)21-17(27-15-7-3-1-4-8-15)11-12-18(22(21)26(24)32)28-16-9-5-2-6-10-16;2*1-2/h1-14,27-30H;2*1-2H3. The highest BCUT2D eigenvalue weighted by Crippen LogP contribution is 2.43. The summed E-state index contributed by atoms with van der Waals surface area (Å²) in [6.07, 6.45) is 0. The van der Waals surface area contributed by atoms with Crippen molar-refractivity contribution in [2.75, 3.05) is 10.6 Å². The Bertz CT molecular complexity index is 1260. The van der Waals surface area contributed by atoms with Gasteiger partial charge in [0.25, 0.3) is 0 Å². The third kappa shape index (κ3) is 4.93. The first-order valence-corrected chi connectivity index (χ1v) is 12.0. The molecular weight excluding hydrogens is 452 g/mol. The van der Waals surface area contributed by atoms with E-state index in [1.54, 1.807) is 12.1 Å². The summed E-state index contributed by atoms with van der Waals surface area (Å²) in [5.41, 5.74) is 2.20. The quantitative estimate of drug-likeness (QED) is 0.199. The van der Waals surface area contributed by atoms with Gasteiger partial charge in [0.15, 0.2) is 0 Å². The number of nitrogens with one attached hydrogen (secondary N) is 2. The van der Waals surface area contributed by atoms with E-state index in [1.807, 2.05) is 88.4 Å². The molecule has 4 aromatic rings. The molecule has 0 radical (unpaired) electrons. The van der Waals surface area contributed by atoms with Crippen molar-refractivity contribution in [3.05, 3.63) is 107 Å². The number of carbonyl (C=O) groups excluding carboxylic acids is 2. The van der Waals surface area contributed by atoms with Crippen LogP contribution in [0, 0.1) is 0 Å². The van der Waals surface area contributed by atoms with Crippen molar-refractivity contribution in [3.63, 3.8) is 0 Å². The number of para-hydroxylation sites is 2. The Morgan fingerprint density at radius 1 is 0.472 bits per heavy atom. The molecule has 0 spiro atoms. The average molecular weight is 483 g/mol. The normalized spacial score (nSPS) is 11.1. The van der Waals surface area contributed by atoms with Gasteiger partial charge in [-0.15, -0.1) is 0 Å². The van der Waals surface area contributed by atoms with Gasteiger partial charge in [0.2, 0.25) is 11.6 Å². The fourth-order valence-electron chi connectivity index (χ4n) is 3.93. The Kier molecular flexibility index (Phi) is 8.47. The van der Waals surface area contributed by atoms with Gasteiger partial charge >= 0.3 is 0 Å². The van der Waals surface area contributed by atoms with E-state index in [0.29, 0.717) is 11.4 Å². The first-order valence-electron chi connectivity index (χ1n) is 12.0. The Morgan fingerprint density at radius 2 is 0.806 bits per heavy atom. The third-order valence-electron chi connectivity index (χ3n) is 5.38. The van der Waals surface area contributed by atoms with Gasteiger partial charge in [0.1, 0.15) is 11.5 Å². The van der Waals surface area contributed by atoms with Gasteiger partial charge in [0.05, 0.1) is 33.6 Å². The summed E-state index contributed by atoms with van der Waals surface area (Å²) in [5, 5.41) is 27.1. The van der Waals surface area contributed by atoms with Crippen LogP contribution < -0.4 is 10.6 Å². The SMILES string of the molecule is CC.CC.O=C1c2c(O)ccc(O)c2C(=O)c2c(Nc3ccccc3)ccc(Nc3ccccc3)c21. The van der Waals surface area contributed by atoms with Crippen LogP contribution in [0.15, 0.2) is 84.9 Å². The zero-order chi connectivity index (χ0) is 26.2. The molecule has 1 aliphatic carbocycles. The van der Waals surface area contributed by atoms with Crippen molar-refractivity contribution in [2.24, 2.45) is 0 Å². The van der Waals surface area contributed by atoms with Crippen molar-refractivity contribution >= 4 is 34.3 Å². The van der Waals surface area contributed by atoms with Crippen molar-refractivity contribution in [1.29, 1.82) is 0 Å². The minimum absolute atomic E-state index is 0.133. The van der Waals surface area contributed by atoms with Crippen LogP contribution >= 0.6 is 0 Å². The second-order valence-corrected chi connectivity index (χ2v) is 7.40. The Hall–Kier alpha value is -4.58. The molecule has 6 heteroatoms. The topological polar surface area (TPSA) is 98.7 Å². The molecule has 0 saturated carbocycles. The number of phenolic OH excluding ortho intramolecular Hbond substituents is 2. The number of carbonyl (C=O) groups is 2. The molecular formula is C30H30N2O4. The Labute approximate surface area is 211 Å². The van der Waals surface area contributed by atoms with Crippen LogP contribution in [-0.4, -0.2) is 21.8 Å². The lowest BCUT2D eigenvalue weighted by Gasteiger charge is -2.25. The maximum absolute atomic E-state index is 13.6. The fraction of sp³-hybridized carbons (Fsp3) is 0.133. The van der Waals surface area contributed by atoms with E-state index in [-0.39, 0.29) is 33.8 Å². The number of fused-ring (bicyclic) bond motifs is 2. The number of aromatic hydroxyl groups is 2. The van der Waals surface area contributed by atoms with Crippen LogP contribution in [0.25, 0.3) is 0 Å². The molecule has 0 atom stereocenters. The van der Waals surface area contributed by atoms with Crippen molar-refractivity contribution in [3.8, 4) is 11.5 Å². The van der Waals surface area contributed by atoms with Crippen molar-refractivity contribution < 1.29 is 19.8 Å². The molecule has 0 fully saturated rings. The van der Waals surface area contributed by atoms with Gasteiger partial charge in [0, 0.05) is 11.4 Å². The van der Waals surface area contributed by atoms with Crippen LogP contribution in [0.3, 0.4) is 0 Å². The monoisotopic (exact) mass is 482 g/mol. The molecule has 0 heterocycles. The molecule has 4 N–H and O–H groups in total. The smallest absolute Gasteiger partial charge is 0.200 e. The lowest BCUT2D eigenvalue weighted by molar-refractivity contribution is 0.0975. The van der Waals surface area contributed by atoms with E-state index in [4.69, 9.17) is 0 Å². The second-order valence-electron chi connectivity index (χ2n) is 7.40. The lowest BCUT2D eigenvalue weighted by atomic mass is 9.81. The summed E-state index contributed by atoms with van der Waals surface area (Å²) in [7, 11) is 0. The number of rotatable bonds is 4. The third-order valence-corrected chi connectivity index (χ3v) is 5.38. The van der Waals surface area contributed by atoms with Crippen molar-refractivity contribution in [2.45, 2.75) is 27.7 Å². The summed E-state index contributed by atoms with van der Waals surface area (Å²) < 4.78 is 0. The summed E-state index contributed by atoms with van der Waals surface area (Å²) in [5.74, 6) is -1.79. The summed E-state index contributed by atoms with van der Waals surface area (Å²) in [6.45, 7) is 8.00. The van der Waals surface area contributed by atoms with E-state index in [9.17, 15) is 19.8 Å². The molecule has 0 unspecified atom stereocenters. The van der Waals surface area contributed by atoms with E-state index < -0.39 is 11.6 Å². The van der Waals surface area contributed by atoms with Gasteiger partial charge in [-0.1, -0.05) is 64.1 Å². The lowest BCUT2D eigenvalue weighted by Crippen LogP contribution is -2.24. The number of ketones is 2. The molecule has 1 aliphatic rings. The maximum atomic E-state index is 13.6. The van der Waals surface area contributed by atoms with Crippen LogP contribution in [0.4, 0.5) is 22.7 Å². The molecule has 184 valence electrons. The molecule has 0 aliphatic heterocycles. The highest BCUT2D eigenvalue weighted by Gasteiger charge is 2.38. The minimum atomic E-state index is -0.543. The highest BCUT2D eigenvalue weighted by molar-refractivity contribution is 6.33. The zero-order valence-electron chi connectivity index (χ0n) is 20.8. The molecule has 0 bridgehead atoms. The number of phenols is 2. The number of benzene rings is 4. The molecule has 4 aromatic carbocycles. The first-order chi connectivity index (χ1) is 17.5. The zero-order valence-corrected chi connectivity index (χ0v) is 20.8. The van der Waals surface area contributed by atoms with E-state index in [2.05, 4.69) is 10.6 Å². The van der Waals surface area contributed by atoms with E-state index >= 15 is 0 Å². The molecule has 0 amide bonds. The van der Waals surface area contributed by atoms with Gasteiger partial charge in [-0.2, -0.15) is 0 Å². The summed E-state index contributed by atoms with van der Waals surface area (Å²) >= 11 is 0. The molecule has 5 rings (SSSR count). The Balaban J connectivity index is 0.000000861. The minimum Gasteiger partial charge on any atom is -0.507 e. The largest absolute Gasteiger partial charge is 0.507 e. The summed E-state index contributed by atoms with van der Waals surface area (Å²) in [4.78, 5) is 27.1. The van der Waals surface area contributed by atoms with E-state index in [1.165, 1.54) is 12.1 Å². The average Bonchev–Trinajstić information content (AvgIpc) is 2.92. The predicted molar refractivity (Wildman–Crippen MR) is 145 cm³/mol. The van der Waals surface area contributed by atoms with E-state index in [0.717, 1.165) is 11.4 Å². The Morgan fingerprint density at radius 3 is 1.14 bits per heavy atom. The van der Waals surface area contributed by atoms with Crippen molar-refractivity contribution in [1.82, 2.24) is 0 Å². The highest BCUT2D eigenvalue weighted by atomic mass is 16.3. The first kappa shape index (κ1) is 26.0. The summed E-state index contributed by atoms with van der Waals surface area (Å²) in [6, 6.07) is 24.4. The maximum Gasteiger partial charge on any atom is 0.200 e. The molecule has 0 saturated heterocycles. The van der Waals surface area contributed by atoms with Gasteiger partial charge < -0.3 is 20.8 Å². The molecule has 0 aromatic heterocycles. The van der Waals surface area contributed by atoms with Crippen LogP contribution in [0.2, 0.25) is 0 Å². The molecule has 36 heavy (non-hydrogen) atoms. The van der Waals surface area contributed by atoms with Gasteiger partial charge in [-0.3, -0.25) is 9.59 Å². The predicted octanol–water partition coefficient (Wildman–Crippen LogP) is 7.41.